The van der Waals surface area contributed by atoms with E-state index in [1.165, 1.54) is 6.92 Å². The van der Waals surface area contributed by atoms with E-state index in [0.717, 1.165) is 4.47 Å². The molecule has 1 aromatic rings. The Morgan fingerprint density at radius 2 is 1.88 bits per heavy atom. The highest BCUT2D eigenvalue weighted by Gasteiger charge is 2.29. The maximum atomic E-state index is 11.5. The number of sulfone groups is 1. The van der Waals surface area contributed by atoms with Crippen molar-refractivity contribution in [1.29, 1.82) is 0 Å². The van der Waals surface area contributed by atoms with Crippen molar-refractivity contribution in [1.82, 2.24) is 0 Å². The van der Waals surface area contributed by atoms with Gasteiger partial charge in [-0.15, -0.1) is 11.6 Å². The average Bonchev–Trinajstić information content (AvgIpc) is 2.28. The molecule has 0 spiro atoms. The summed E-state index contributed by atoms with van der Waals surface area (Å²) in [7, 11) is -3.45. The molecular formula is C10H12BrClO3S. The molecule has 1 aromatic carbocycles. The van der Waals surface area contributed by atoms with Crippen molar-refractivity contribution in [3.05, 3.63) is 34.3 Å². The zero-order chi connectivity index (χ0) is 12.3. The van der Waals surface area contributed by atoms with Crippen LogP contribution in [0.5, 0.6) is 0 Å². The van der Waals surface area contributed by atoms with E-state index in [4.69, 9.17) is 11.6 Å². The third kappa shape index (κ3) is 3.20. The lowest BCUT2D eigenvalue weighted by molar-refractivity contribution is 0.191. The quantitative estimate of drug-likeness (QED) is 0.864. The minimum absolute atomic E-state index is 0.0885. The third-order valence-corrected chi connectivity index (χ3v) is 5.54. The number of hydrogen-bond donors (Lipinski definition) is 1. The SMILES string of the molecule is CCS(=O)(=O)[C@@H](Cl)[C@H](O)c1ccc(Br)cc1. The molecule has 0 bridgehead atoms. The van der Waals surface area contributed by atoms with Crippen molar-refractivity contribution in [3.8, 4) is 0 Å². The molecule has 0 heterocycles. The number of hydrogen-bond acceptors (Lipinski definition) is 3. The molecular weight excluding hydrogens is 316 g/mol. The highest BCUT2D eigenvalue weighted by atomic mass is 79.9. The first-order valence-electron chi connectivity index (χ1n) is 4.67. The van der Waals surface area contributed by atoms with Crippen molar-refractivity contribution in [2.24, 2.45) is 0 Å². The van der Waals surface area contributed by atoms with Crippen molar-refractivity contribution in [3.63, 3.8) is 0 Å². The van der Waals surface area contributed by atoms with Gasteiger partial charge in [-0.05, 0) is 17.7 Å². The molecule has 16 heavy (non-hydrogen) atoms. The topological polar surface area (TPSA) is 54.4 Å². The summed E-state index contributed by atoms with van der Waals surface area (Å²) in [4.78, 5) is 0. The van der Waals surface area contributed by atoms with Gasteiger partial charge in [0.15, 0.2) is 14.5 Å². The van der Waals surface area contributed by atoms with E-state index in [1.54, 1.807) is 24.3 Å². The number of benzene rings is 1. The van der Waals surface area contributed by atoms with Crippen LogP contribution in [0.15, 0.2) is 28.7 Å². The minimum Gasteiger partial charge on any atom is -0.386 e. The zero-order valence-electron chi connectivity index (χ0n) is 8.60. The lowest BCUT2D eigenvalue weighted by Gasteiger charge is -2.16. The second-order valence-corrected chi connectivity index (χ2v) is 7.35. The first-order chi connectivity index (χ1) is 7.38. The Morgan fingerprint density at radius 1 is 1.38 bits per heavy atom. The van der Waals surface area contributed by atoms with Gasteiger partial charge in [-0.3, -0.25) is 0 Å². The zero-order valence-corrected chi connectivity index (χ0v) is 11.8. The number of alkyl halides is 1. The number of aliphatic hydroxyl groups is 1. The van der Waals surface area contributed by atoms with E-state index in [1.807, 2.05) is 0 Å². The molecule has 0 aliphatic heterocycles. The van der Waals surface area contributed by atoms with E-state index in [2.05, 4.69) is 15.9 Å². The van der Waals surface area contributed by atoms with Crippen LogP contribution in [-0.4, -0.2) is 24.0 Å². The van der Waals surface area contributed by atoms with Crippen LogP contribution in [0.1, 0.15) is 18.6 Å². The summed E-state index contributed by atoms with van der Waals surface area (Å²) in [6.45, 7) is 1.50. The van der Waals surface area contributed by atoms with Gasteiger partial charge in [-0.1, -0.05) is 35.0 Å². The normalized spacial score (nSPS) is 15.8. The Kier molecular flexibility index (Phi) is 4.79. The first-order valence-corrected chi connectivity index (χ1v) is 7.62. The van der Waals surface area contributed by atoms with Crippen LogP contribution in [-0.2, 0) is 9.84 Å². The molecule has 1 rings (SSSR count). The van der Waals surface area contributed by atoms with Gasteiger partial charge in [0.25, 0.3) is 0 Å². The molecule has 2 atom stereocenters. The number of aliphatic hydroxyl groups excluding tert-OH is 1. The van der Waals surface area contributed by atoms with Crippen molar-refractivity contribution in [2.45, 2.75) is 17.7 Å². The molecule has 3 nitrogen and oxygen atoms in total. The summed E-state index contributed by atoms with van der Waals surface area (Å²) >= 11 is 9.00. The van der Waals surface area contributed by atoms with Crippen LogP contribution in [0.25, 0.3) is 0 Å². The van der Waals surface area contributed by atoms with Crippen molar-refractivity contribution < 1.29 is 13.5 Å². The molecule has 0 aliphatic rings. The van der Waals surface area contributed by atoms with Crippen LogP contribution in [0.2, 0.25) is 0 Å². The predicted octanol–water partition coefficient (Wildman–Crippen LogP) is 2.48. The molecule has 0 amide bonds. The van der Waals surface area contributed by atoms with Crippen molar-refractivity contribution in [2.75, 3.05) is 5.75 Å². The summed E-state index contributed by atoms with van der Waals surface area (Å²) in [5, 5.41) is 9.82. The van der Waals surface area contributed by atoms with Crippen molar-refractivity contribution >= 4 is 37.4 Å². The molecule has 6 heteroatoms. The van der Waals surface area contributed by atoms with Gasteiger partial charge in [0, 0.05) is 10.2 Å². The molecule has 0 aliphatic carbocycles. The van der Waals surface area contributed by atoms with Gasteiger partial charge in [0.05, 0.1) is 0 Å². The van der Waals surface area contributed by atoms with E-state index < -0.39 is 20.7 Å². The molecule has 0 unspecified atom stereocenters. The second-order valence-electron chi connectivity index (χ2n) is 3.30. The van der Waals surface area contributed by atoms with Crippen LogP contribution < -0.4 is 0 Å². The smallest absolute Gasteiger partial charge is 0.169 e. The fourth-order valence-electron chi connectivity index (χ4n) is 1.17. The fraction of sp³-hybridized carbons (Fsp3) is 0.400. The van der Waals surface area contributed by atoms with E-state index in [0.29, 0.717) is 5.56 Å². The summed E-state index contributed by atoms with van der Waals surface area (Å²) in [5.41, 5.74) is 0.486. The molecule has 90 valence electrons. The maximum Gasteiger partial charge on any atom is 0.169 e. The van der Waals surface area contributed by atoms with Crippen LogP contribution >= 0.6 is 27.5 Å². The first kappa shape index (κ1) is 14.0. The van der Waals surface area contributed by atoms with Gasteiger partial charge >= 0.3 is 0 Å². The summed E-state index contributed by atoms with van der Waals surface area (Å²) in [6, 6.07) is 6.71. The van der Waals surface area contributed by atoms with Crippen LogP contribution in [0, 0.1) is 0 Å². The van der Waals surface area contributed by atoms with E-state index in [-0.39, 0.29) is 5.75 Å². The third-order valence-electron chi connectivity index (χ3n) is 2.21. The molecule has 0 saturated heterocycles. The predicted molar refractivity (Wildman–Crippen MR) is 68.2 cm³/mol. The Morgan fingerprint density at radius 3 is 2.31 bits per heavy atom. The Hall–Kier alpha value is -0.100. The fourth-order valence-corrected chi connectivity index (χ4v) is 2.82. The summed E-state index contributed by atoms with van der Waals surface area (Å²) in [6.07, 6.45) is -1.21. The molecule has 0 fully saturated rings. The molecule has 1 N–H and O–H groups in total. The highest BCUT2D eigenvalue weighted by molar-refractivity contribution is 9.10. The average molecular weight is 328 g/mol. The Labute approximate surface area is 108 Å². The standard InChI is InChI=1S/C10H12BrClO3S/c1-2-16(14,15)10(12)9(13)7-3-5-8(11)6-4-7/h3-6,9-10,13H,2H2,1H3/t9-,10-/m1/s1. The van der Waals surface area contributed by atoms with Crippen LogP contribution in [0.3, 0.4) is 0 Å². The molecule has 0 saturated carbocycles. The van der Waals surface area contributed by atoms with Crippen LogP contribution in [0.4, 0.5) is 0 Å². The summed E-state index contributed by atoms with van der Waals surface area (Å²) in [5.74, 6) is -0.0885. The van der Waals surface area contributed by atoms with Gasteiger partial charge in [-0.2, -0.15) is 0 Å². The molecule has 0 aromatic heterocycles. The maximum absolute atomic E-state index is 11.5. The number of rotatable bonds is 4. The van der Waals surface area contributed by atoms with Gasteiger partial charge in [-0.25, -0.2) is 8.42 Å². The summed E-state index contributed by atoms with van der Waals surface area (Å²) < 4.78 is 22.5. The lowest BCUT2D eigenvalue weighted by atomic mass is 10.1. The lowest BCUT2D eigenvalue weighted by Crippen LogP contribution is -2.24. The Bertz CT molecular complexity index is 444. The molecule has 0 radical (unpaired) electrons. The van der Waals surface area contributed by atoms with Gasteiger partial charge < -0.3 is 5.11 Å². The Balaban J connectivity index is 2.94. The highest BCUT2D eigenvalue weighted by Crippen LogP contribution is 2.26. The van der Waals surface area contributed by atoms with E-state index in [9.17, 15) is 13.5 Å². The van der Waals surface area contributed by atoms with Gasteiger partial charge in [0.1, 0.15) is 6.10 Å². The minimum atomic E-state index is -3.45. The monoisotopic (exact) mass is 326 g/mol. The van der Waals surface area contributed by atoms with E-state index >= 15 is 0 Å². The second kappa shape index (κ2) is 5.49. The largest absolute Gasteiger partial charge is 0.386 e. The number of halogens is 2. The van der Waals surface area contributed by atoms with Gasteiger partial charge in [0.2, 0.25) is 0 Å².